The second-order valence-electron chi connectivity index (χ2n) is 5.63. The number of amides is 2. The molecule has 2 aromatic rings. The van der Waals surface area contributed by atoms with Gasteiger partial charge >= 0.3 is 0 Å². The smallest absolute Gasteiger partial charge is 0.267 e. The molecule has 2 amide bonds. The van der Waals surface area contributed by atoms with Crippen LogP contribution in [-0.4, -0.2) is 22.9 Å². The second kappa shape index (κ2) is 6.00. The Bertz CT molecular complexity index is 770. The molecule has 3 rings (SSSR count). The Balaban J connectivity index is 1.76. The van der Waals surface area contributed by atoms with Crippen LogP contribution in [0.4, 0.5) is 11.4 Å². The minimum atomic E-state index is -0.519. The van der Waals surface area contributed by atoms with E-state index in [4.69, 9.17) is 4.74 Å². The highest BCUT2D eigenvalue weighted by Crippen LogP contribution is 2.32. The molecule has 1 aromatic heterocycles. The first-order valence-electron chi connectivity index (χ1n) is 7.32. The maximum Gasteiger partial charge on any atom is 0.267 e. The van der Waals surface area contributed by atoms with E-state index in [1.165, 1.54) is 11.3 Å². The molecule has 1 atom stereocenters. The number of hydrogen-bond donors (Lipinski definition) is 2. The Kier molecular flexibility index (Phi) is 4.04. The van der Waals surface area contributed by atoms with Gasteiger partial charge in [-0.1, -0.05) is 13.8 Å². The zero-order chi connectivity index (χ0) is 16.6. The fraction of sp³-hybridized carbons (Fsp3) is 0.312. The van der Waals surface area contributed by atoms with Crippen LogP contribution in [0.3, 0.4) is 0 Å². The standard InChI is InChI=1S/C16H17N3O3S/c1-8(2)16-17-7-13(23-16)15(21)18-10-4-5-12-11(6-10)19-14(20)9(3)22-12/h4-9H,1-3H3,(H,18,21)(H,19,20)/t9-/m1/s1. The van der Waals surface area contributed by atoms with Crippen molar-refractivity contribution in [2.45, 2.75) is 32.8 Å². The Morgan fingerprint density at radius 2 is 2.22 bits per heavy atom. The normalized spacial score (nSPS) is 16.5. The van der Waals surface area contributed by atoms with Crippen molar-refractivity contribution in [3.63, 3.8) is 0 Å². The summed E-state index contributed by atoms with van der Waals surface area (Å²) < 4.78 is 5.49. The summed E-state index contributed by atoms with van der Waals surface area (Å²) in [4.78, 5) is 28.7. The monoisotopic (exact) mass is 331 g/mol. The average molecular weight is 331 g/mol. The third kappa shape index (κ3) is 3.19. The summed E-state index contributed by atoms with van der Waals surface area (Å²) in [6.45, 7) is 5.76. The van der Waals surface area contributed by atoms with Crippen molar-refractivity contribution in [2.75, 3.05) is 10.6 Å². The predicted molar refractivity (Wildman–Crippen MR) is 89.3 cm³/mol. The number of anilines is 2. The number of nitrogens with one attached hydrogen (secondary N) is 2. The van der Waals surface area contributed by atoms with E-state index in [-0.39, 0.29) is 11.8 Å². The number of fused-ring (bicyclic) bond motifs is 1. The van der Waals surface area contributed by atoms with E-state index in [0.29, 0.717) is 27.9 Å². The van der Waals surface area contributed by atoms with Gasteiger partial charge in [0.1, 0.15) is 10.6 Å². The molecule has 0 spiro atoms. The summed E-state index contributed by atoms with van der Waals surface area (Å²) in [6, 6.07) is 5.15. The molecule has 0 bridgehead atoms. The number of rotatable bonds is 3. The number of aromatic nitrogens is 1. The van der Waals surface area contributed by atoms with Crippen LogP contribution in [0.25, 0.3) is 0 Å². The van der Waals surface area contributed by atoms with Gasteiger partial charge in [-0.05, 0) is 25.1 Å². The molecule has 0 saturated carbocycles. The first kappa shape index (κ1) is 15.5. The third-order valence-electron chi connectivity index (χ3n) is 3.41. The van der Waals surface area contributed by atoms with Crippen molar-refractivity contribution in [3.8, 4) is 5.75 Å². The van der Waals surface area contributed by atoms with Crippen molar-refractivity contribution < 1.29 is 14.3 Å². The van der Waals surface area contributed by atoms with Crippen LogP contribution in [0.2, 0.25) is 0 Å². The van der Waals surface area contributed by atoms with Crippen LogP contribution >= 0.6 is 11.3 Å². The average Bonchev–Trinajstić information content (AvgIpc) is 2.99. The predicted octanol–water partition coefficient (Wildman–Crippen LogP) is 3.24. The lowest BCUT2D eigenvalue weighted by Gasteiger charge is -2.23. The van der Waals surface area contributed by atoms with Crippen molar-refractivity contribution in [1.29, 1.82) is 0 Å². The van der Waals surface area contributed by atoms with Crippen LogP contribution in [0.15, 0.2) is 24.4 Å². The first-order valence-corrected chi connectivity index (χ1v) is 8.14. The van der Waals surface area contributed by atoms with Gasteiger partial charge in [0.2, 0.25) is 0 Å². The maximum absolute atomic E-state index is 12.3. The van der Waals surface area contributed by atoms with E-state index in [9.17, 15) is 9.59 Å². The van der Waals surface area contributed by atoms with Gasteiger partial charge in [0.05, 0.1) is 16.9 Å². The highest BCUT2D eigenvalue weighted by atomic mass is 32.1. The van der Waals surface area contributed by atoms with Gasteiger partial charge in [-0.2, -0.15) is 0 Å². The molecule has 0 aliphatic carbocycles. The van der Waals surface area contributed by atoms with E-state index in [0.717, 1.165) is 5.01 Å². The van der Waals surface area contributed by atoms with Gasteiger partial charge < -0.3 is 15.4 Å². The number of nitrogens with zero attached hydrogens (tertiary/aromatic N) is 1. The third-order valence-corrected chi connectivity index (χ3v) is 4.71. The van der Waals surface area contributed by atoms with Crippen molar-refractivity contribution in [1.82, 2.24) is 4.98 Å². The summed E-state index contributed by atoms with van der Waals surface area (Å²) in [5, 5.41) is 6.49. The van der Waals surface area contributed by atoms with Gasteiger partial charge in [-0.25, -0.2) is 4.98 Å². The molecule has 7 heteroatoms. The molecule has 23 heavy (non-hydrogen) atoms. The van der Waals surface area contributed by atoms with Crippen LogP contribution in [0.1, 0.15) is 41.4 Å². The zero-order valence-corrected chi connectivity index (χ0v) is 13.9. The highest BCUT2D eigenvalue weighted by Gasteiger charge is 2.23. The van der Waals surface area contributed by atoms with Gasteiger partial charge in [0.25, 0.3) is 11.8 Å². The zero-order valence-electron chi connectivity index (χ0n) is 13.0. The van der Waals surface area contributed by atoms with Crippen molar-refractivity contribution in [3.05, 3.63) is 34.3 Å². The van der Waals surface area contributed by atoms with Gasteiger partial charge in [-0.15, -0.1) is 11.3 Å². The number of carbonyl (C=O) groups is 2. The molecular weight excluding hydrogens is 314 g/mol. The molecule has 0 saturated heterocycles. The molecule has 1 aliphatic heterocycles. The number of ether oxygens (including phenoxy) is 1. The summed E-state index contributed by atoms with van der Waals surface area (Å²) >= 11 is 1.38. The molecule has 0 radical (unpaired) electrons. The van der Waals surface area contributed by atoms with Crippen molar-refractivity contribution >= 4 is 34.5 Å². The van der Waals surface area contributed by atoms with E-state index in [1.807, 2.05) is 13.8 Å². The minimum absolute atomic E-state index is 0.204. The number of benzene rings is 1. The Labute approximate surface area is 137 Å². The van der Waals surface area contributed by atoms with E-state index < -0.39 is 6.10 Å². The highest BCUT2D eigenvalue weighted by molar-refractivity contribution is 7.13. The Morgan fingerprint density at radius 1 is 1.43 bits per heavy atom. The largest absolute Gasteiger partial charge is 0.479 e. The summed E-state index contributed by atoms with van der Waals surface area (Å²) in [7, 11) is 0. The minimum Gasteiger partial charge on any atom is -0.479 e. The summed E-state index contributed by atoms with van der Waals surface area (Å²) in [6.07, 6.45) is 1.06. The molecular formula is C16H17N3O3S. The van der Waals surface area contributed by atoms with Crippen LogP contribution in [0, 0.1) is 0 Å². The molecule has 0 fully saturated rings. The number of carbonyl (C=O) groups excluding carboxylic acids is 2. The number of thiazole rings is 1. The summed E-state index contributed by atoms with van der Waals surface area (Å²) in [5.74, 6) is 0.463. The molecule has 6 nitrogen and oxygen atoms in total. The SMILES string of the molecule is CC(C)c1ncc(C(=O)Nc2ccc3c(c2)NC(=O)[C@@H](C)O3)s1. The molecule has 2 heterocycles. The number of hydrogen-bond acceptors (Lipinski definition) is 5. The van der Waals surface area contributed by atoms with Crippen molar-refractivity contribution in [2.24, 2.45) is 0 Å². The molecule has 1 aromatic carbocycles. The van der Waals surface area contributed by atoms with E-state index >= 15 is 0 Å². The maximum atomic E-state index is 12.3. The second-order valence-corrected chi connectivity index (χ2v) is 6.69. The lowest BCUT2D eigenvalue weighted by molar-refractivity contribution is -0.122. The first-order chi connectivity index (χ1) is 10.9. The quantitative estimate of drug-likeness (QED) is 0.905. The lowest BCUT2D eigenvalue weighted by atomic mass is 10.2. The van der Waals surface area contributed by atoms with Crippen LogP contribution < -0.4 is 15.4 Å². The van der Waals surface area contributed by atoms with E-state index in [1.54, 1.807) is 31.3 Å². The molecule has 1 aliphatic rings. The van der Waals surface area contributed by atoms with Gasteiger partial charge in [0.15, 0.2) is 6.10 Å². The van der Waals surface area contributed by atoms with Crippen LogP contribution in [-0.2, 0) is 4.79 Å². The fourth-order valence-electron chi connectivity index (χ4n) is 2.14. The topological polar surface area (TPSA) is 80.3 Å². The molecule has 120 valence electrons. The Hall–Kier alpha value is -2.41. The van der Waals surface area contributed by atoms with Gasteiger partial charge in [0, 0.05) is 11.6 Å². The van der Waals surface area contributed by atoms with Gasteiger partial charge in [-0.3, -0.25) is 9.59 Å². The molecule has 2 N–H and O–H groups in total. The fourth-order valence-corrected chi connectivity index (χ4v) is 2.95. The van der Waals surface area contributed by atoms with Crippen LogP contribution in [0.5, 0.6) is 5.75 Å². The Morgan fingerprint density at radius 3 is 2.91 bits per heavy atom. The molecule has 0 unspecified atom stereocenters. The van der Waals surface area contributed by atoms with E-state index in [2.05, 4.69) is 15.6 Å². The summed E-state index contributed by atoms with van der Waals surface area (Å²) in [5.41, 5.74) is 1.14. The lowest BCUT2D eigenvalue weighted by Crippen LogP contribution is -2.34.